The molecule has 1 aromatic rings. The summed E-state index contributed by atoms with van der Waals surface area (Å²) in [6.07, 6.45) is 2.94. The van der Waals surface area contributed by atoms with Gasteiger partial charge in [0.2, 0.25) is 0 Å². The van der Waals surface area contributed by atoms with E-state index in [1.165, 1.54) is 6.33 Å². The summed E-state index contributed by atoms with van der Waals surface area (Å²) < 4.78 is 0.754. The highest BCUT2D eigenvalue weighted by atomic mass is 79.9. The summed E-state index contributed by atoms with van der Waals surface area (Å²) in [5.74, 6) is 6.73. The van der Waals surface area contributed by atoms with Crippen molar-refractivity contribution in [1.29, 1.82) is 0 Å². The van der Waals surface area contributed by atoms with Crippen molar-refractivity contribution < 1.29 is 5.11 Å². The Labute approximate surface area is 108 Å². The zero-order valence-corrected chi connectivity index (χ0v) is 11.2. The number of hydrogen-bond donors (Lipinski definition) is 3. The molecule has 2 rings (SSSR count). The van der Waals surface area contributed by atoms with Gasteiger partial charge in [0.1, 0.15) is 16.6 Å². The lowest BCUT2D eigenvalue weighted by Crippen LogP contribution is -2.43. The Kier molecular flexibility index (Phi) is 3.50. The number of hydrazine groups is 1. The minimum Gasteiger partial charge on any atom is -0.390 e. The van der Waals surface area contributed by atoms with Gasteiger partial charge in [-0.3, -0.25) is 0 Å². The van der Waals surface area contributed by atoms with Crippen LogP contribution >= 0.6 is 15.9 Å². The van der Waals surface area contributed by atoms with Crippen LogP contribution in [0, 0.1) is 0 Å². The van der Waals surface area contributed by atoms with Crippen molar-refractivity contribution in [1.82, 2.24) is 9.97 Å². The van der Waals surface area contributed by atoms with Gasteiger partial charge in [-0.1, -0.05) is 0 Å². The largest absolute Gasteiger partial charge is 0.390 e. The first-order chi connectivity index (χ1) is 8.03. The molecule has 6 nitrogen and oxygen atoms in total. The van der Waals surface area contributed by atoms with Crippen LogP contribution in [0.4, 0.5) is 11.6 Å². The highest BCUT2D eigenvalue weighted by Crippen LogP contribution is 2.32. The fourth-order valence-electron chi connectivity index (χ4n) is 1.88. The van der Waals surface area contributed by atoms with E-state index < -0.39 is 5.60 Å². The van der Waals surface area contributed by atoms with Gasteiger partial charge in [-0.15, -0.1) is 0 Å². The maximum absolute atomic E-state index is 9.91. The third-order valence-electron chi connectivity index (χ3n) is 3.05. The molecule has 1 aliphatic heterocycles. The minimum absolute atomic E-state index is 0.562. The first-order valence-corrected chi connectivity index (χ1v) is 6.27. The predicted octanol–water partition coefficient (Wildman–Crippen LogP) is 0.876. The molecule has 0 spiro atoms. The molecule has 0 radical (unpaired) electrons. The average molecular weight is 302 g/mol. The van der Waals surface area contributed by atoms with Crippen molar-refractivity contribution in [2.75, 3.05) is 23.4 Å². The molecule has 0 bridgehead atoms. The lowest BCUT2D eigenvalue weighted by Gasteiger charge is -2.36. The number of halogens is 1. The van der Waals surface area contributed by atoms with Crippen molar-refractivity contribution in [3.05, 3.63) is 10.8 Å². The number of nitrogen functional groups attached to an aromatic ring is 1. The number of piperidine rings is 1. The number of nitrogens with one attached hydrogen (secondary N) is 1. The lowest BCUT2D eigenvalue weighted by molar-refractivity contribution is 0.0350. The van der Waals surface area contributed by atoms with Gasteiger partial charge in [-0.25, -0.2) is 15.8 Å². The van der Waals surface area contributed by atoms with E-state index >= 15 is 0 Å². The van der Waals surface area contributed by atoms with E-state index in [-0.39, 0.29) is 0 Å². The summed E-state index contributed by atoms with van der Waals surface area (Å²) in [6, 6.07) is 0. The van der Waals surface area contributed by atoms with Crippen LogP contribution < -0.4 is 16.2 Å². The van der Waals surface area contributed by atoms with Crippen molar-refractivity contribution in [2.45, 2.75) is 25.4 Å². The summed E-state index contributed by atoms with van der Waals surface area (Å²) in [5.41, 5.74) is 1.95. The molecule has 17 heavy (non-hydrogen) atoms. The molecule has 1 saturated heterocycles. The SMILES string of the molecule is CC1(O)CCN(c2ncnc(NN)c2Br)CC1. The molecule has 0 aromatic carbocycles. The van der Waals surface area contributed by atoms with Gasteiger partial charge in [0, 0.05) is 13.1 Å². The summed E-state index contributed by atoms with van der Waals surface area (Å²) >= 11 is 3.43. The Morgan fingerprint density at radius 3 is 2.71 bits per heavy atom. The minimum atomic E-state index is -0.565. The summed E-state index contributed by atoms with van der Waals surface area (Å²) in [5, 5.41) is 9.91. The van der Waals surface area contributed by atoms with Crippen molar-refractivity contribution >= 4 is 27.6 Å². The van der Waals surface area contributed by atoms with Gasteiger partial charge >= 0.3 is 0 Å². The summed E-state index contributed by atoms with van der Waals surface area (Å²) in [7, 11) is 0. The maximum atomic E-state index is 9.91. The number of nitrogens with two attached hydrogens (primary N) is 1. The molecule has 2 heterocycles. The molecule has 0 unspecified atom stereocenters. The number of aromatic nitrogens is 2. The van der Waals surface area contributed by atoms with Crippen LogP contribution in [0.1, 0.15) is 19.8 Å². The molecule has 0 atom stereocenters. The number of anilines is 2. The molecule has 4 N–H and O–H groups in total. The van der Waals surface area contributed by atoms with Crippen LogP contribution in [0.25, 0.3) is 0 Å². The fraction of sp³-hybridized carbons (Fsp3) is 0.600. The Bertz CT molecular complexity index is 402. The van der Waals surface area contributed by atoms with Crippen LogP contribution in [-0.4, -0.2) is 33.8 Å². The molecule has 1 aliphatic rings. The molecule has 1 aromatic heterocycles. The smallest absolute Gasteiger partial charge is 0.159 e. The molecular formula is C10H16BrN5O. The third-order valence-corrected chi connectivity index (χ3v) is 3.78. The molecule has 0 saturated carbocycles. The average Bonchev–Trinajstić information content (AvgIpc) is 2.30. The van der Waals surface area contributed by atoms with Gasteiger partial charge in [0.05, 0.1) is 5.60 Å². The van der Waals surface area contributed by atoms with E-state index in [9.17, 15) is 5.11 Å². The van der Waals surface area contributed by atoms with Crippen LogP contribution in [0.2, 0.25) is 0 Å². The second-order valence-electron chi connectivity index (χ2n) is 4.49. The Balaban J connectivity index is 2.19. The van der Waals surface area contributed by atoms with Gasteiger partial charge in [-0.2, -0.15) is 0 Å². The van der Waals surface area contributed by atoms with Gasteiger partial charge in [0.15, 0.2) is 5.82 Å². The molecular weight excluding hydrogens is 286 g/mol. The van der Waals surface area contributed by atoms with Crippen molar-refractivity contribution in [2.24, 2.45) is 5.84 Å². The molecule has 94 valence electrons. The Morgan fingerprint density at radius 1 is 1.47 bits per heavy atom. The van der Waals surface area contributed by atoms with E-state index in [1.807, 2.05) is 6.92 Å². The van der Waals surface area contributed by atoms with E-state index in [1.54, 1.807) is 0 Å². The van der Waals surface area contributed by atoms with Gasteiger partial charge in [0.25, 0.3) is 0 Å². The highest BCUT2D eigenvalue weighted by Gasteiger charge is 2.29. The number of rotatable bonds is 2. The first kappa shape index (κ1) is 12.5. The number of hydrogen-bond acceptors (Lipinski definition) is 6. The monoisotopic (exact) mass is 301 g/mol. The molecule has 7 heteroatoms. The van der Waals surface area contributed by atoms with Crippen LogP contribution in [0.5, 0.6) is 0 Å². The first-order valence-electron chi connectivity index (χ1n) is 5.48. The van der Waals surface area contributed by atoms with Crippen LogP contribution in [0.3, 0.4) is 0 Å². The van der Waals surface area contributed by atoms with E-state index in [2.05, 4.69) is 36.2 Å². The highest BCUT2D eigenvalue weighted by molar-refractivity contribution is 9.10. The predicted molar refractivity (Wildman–Crippen MR) is 69.6 cm³/mol. The van der Waals surface area contributed by atoms with E-state index in [0.717, 1.165) is 36.2 Å². The molecule has 0 aliphatic carbocycles. The fourth-order valence-corrected chi connectivity index (χ4v) is 2.45. The quantitative estimate of drug-likeness (QED) is 0.555. The summed E-state index contributed by atoms with van der Waals surface area (Å²) in [4.78, 5) is 10.4. The lowest BCUT2D eigenvalue weighted by atomic mass is 9.94. The Hall–Kier alpha value is -0.920. The zero-order valence-electron chi connectivity index (χ0n) is 9.65. The second kappa shape index (κ2) is 4.75. The second-order valence-corrected chi connectivity index (χ2v) is 5.28. The van der Waals surface area contributed by atoms with Crippen LogP contribution in [-0.2, 0) is 0 Å². The maximum Gasteiger partial charge on any atom is 0.159 e. The van der Waals surface area contributed by atoms with Crippen LogP contribution in [0.15, 0.2) is 10.8 Å². The number of aliphatic hydroxyl groups is 1. The normalized spacial score (nSPS) is 19.2. The Morgan fingerprint density at radius 2 is 2.12 bits per heavy atom. The van der Waals surface area contributed by atoms with Crippen molar-refractivity contribution in [3.63, 3.8) is 0 Å². The number of nitrogens with zero attached hydrogens (tertiary/aromatic N) is 3. The van der Waals surface area contributed by atoms with E-state index in [0.29, 0.717) is 5.82 Å². The molecule has 0 amide bonds. The topological polar surface area (TPSA) is 87.3 Å². The third kappa shape index (κ3) is 2.67. The zero-order chi connectivity index (χ0) is 12.5. The standard InChI is InChI=1S/C10H16BrN5O/c1-10(17)2-4-16(5-3-10)9-7(11)8(15-12)13-6-14-9/h6,17H,2-5,12H2,1H3,(H,13,14,15). The van der Waals surface area contributed by atoms with Gasteiger partial charge in [-0.05, 0) is 35.7 Å². The van der Waals surface area contributed by atoms with E-state index in [4.69, 9.17) is 5.84 Å². The van der Waals surface area contributed by atoms with Crippen molar-refractivity contribution in [3.8, 4) is 0 Å². The summed E-state index contributed by atoms with van der Waals surface area (Å²) in [6.45, 7) is 3.41. The molecule has 1 fully saturated rings. The van der Waals surface area contributed by atoms with Gasteiger partial charge < -0.3 is 15.4 Å².